The first-order valence-corrected chi connectivity index (χ1v) is 7.15. The van der Waals surface area contributed by atoms with Crippen molar-refractivity contribution in [2.75, 3.05) is 13.2 Å². The molecule has 0 atom stereocenters. The van der Waals surface area contributed by atoms with Crippen molar-refractivity contribution in [1.29, 1.82) is 0 Å². The molecule has 0 unspecified atom stereocenters. The minimum atomic E-state index is 0.558. The number of halogens is 2. The largest absolute Gasteiger partial charge is 0.490 e. The summed E-state index contributed by atoms with van der Waals surface area (Å²) in [7, 11) is 0. The summed E-state index contributed by atoms with van der Waals surface area (Å²) in [5.74, 6) is 1.66. The van der Waals surface area contributed by atoms with Crippen molar-refractivity contribution in [3.63, 3.8) is 0 Å². The molecule has 0 spiro atoms. The van der Waals surface area contributed by atoms with Gasteiger partial charge >= 0.3 is 0 Å². The van der Waals surface area contributed by atoms with Crippen LogP contribution in [0.3, 0.4) is 0 Å². The van der Waals surface area contributed by atoms with Gasteiger partial charge < -0.3 is 14.5 Å². The summed E-state index contributed by atoms with van der Waals surface area (Å²) < 4.78 is 11.9. The van der Waals surface area contributed by atoms with E-state index in [0.717, 1.165) is 28.1 Å². The molecule has 5 heteroatoms. The number of ether oxygens (including phenoxy) is 1. The average Bonchev–Trinajstić information content (AvgIpc) is 2.84. The predicted octanol–water partition coefficient (Wildman–Crippen LogP) is 4.17. The minimum absolute atomic E-state index is 0.558. The van der Waals surface area contributed by atoms with Crippen LogP contribution in [-0.2, 0) is 6.54 Å². The molecule has 0 aliphatic carbocycles. The van der Waals surface area contributed by atoms with Crippen molar-refractivity contribution in [2.45, 2.75) is 13.5 Å². The van der Waals surface area contributed by atoms with E-state index in [-0.39, 0.29) is 0 Å². The van der Waals surface area contributed by atoms with Crippen LogP contribution in [0.2, 0.25) is 5.02 Å². The molecule has 0 aliphatic heterocycles. The van der Waals surface area contributed by atoms with E-state index in [1.165, 1.54) is 0 Å². The highest BCUT2D eigenvalue weighted by Gasteiger charge is 2.06. The van der Waals surface area contributed by atoms with E-state index in [9.17, 15) is 0 Å². The maximum atomic E-state index is 6.14. The third-order valence-electron chi connectivity index (χ3n) is 2.60. The molecule has 2 aromatic rings. The maximum absolute atomic E-state index is 6.14. The monoisotopic (exact) mass is 343 g/mol. The second kappa shape index (κ2) is 6.98. The van der Waals surface area contributed by atoms with Crippen LogP contribution in [0.25, 0.3) is 0 Å². The molecule has 1 aromatic heterocycles. The van der Waals surface area contributed by atoms with Gasteiger partial charge in [0.2, 0.25) is 0 Å². The Morgan fingerprint density at radius 2 is 2.26 bits per heavy atom. The minimum Gasteiger partial charge on any atom is -0.490 e. The van der Waals surface area contributed by atoms with Gasteiger partial charge in [0.25, 0.3) is 0 Å². The first kappa shape index (κ1) is 14.4. The Kier molecular flexibility index (Phi) is 5.31. The summed E-state index contributed by atoms with van der Waals surface area (Å²) in [5.41, 5.74) is 1.02. The Labute approximate surface area is 126 Å². The Morgan fingerprint density at radius 1 is 1.42 bits per heavy atom. The van der Waals surface area contributed by atoms with E-state index in [1.54, 1.807) is 6.26 Å². The van der Waals surface area contributed by atoms with Gasteiger partial charge in [-0.25, -0.2) is 0 Å². The number of benzene rings is 1. The van der Waals surface area contributed by atoms with Gasteiger partial charge in [0.15, 0.2) is 0 Å². The molecule has 1 aromatic carbocycles. The van der Waals surface area contributed by atoms with E-state index in [1.807, 2.05) is 31.2 Å². The van der Waals surface area contributed by atoms with Crippen molar-refractivity contribution in [2.24, 2.45) is 0 Å². The third-order valence-corrected chi connectivity index (χ3v) is 3.34. The van der Waals surface area contributed by atoms with Crippen LogP contribution < -0.4 is 10.1 Å². The smallest absolute Gasteiger partial charge is 0.140 e. The molecule has 0 bridgehead atoms. The standard InChI is InChI=1S/C14H15BrClNO2/c1-10-7-11(15)8-13(16)14(10)19-6-4-17-9-12-3-2-5-18-12/h2-3,5,7-8,17H,4,6,9H2,1H3. The number of rotatable bonds is 6. The highest BCUT2D eigenvalue weighted by Crippen LogP contribution is 2.31. The van der Waals surface area contributed by atoms with Gasteiger partial charge in [0.05, 0.1) is 17.8 Å². The molecule has 0 aliphatic rings. The number of nitrogens with one attached hydrogen (secondary N) is 1. The zero-order valence-electron chi connectivity index (χ0n) is 10.6. The number of aryl methyl sites for hydroxylation is 1. The molecule has 0 saturated carbocycles. The van der Waals surface area contributed by atoms with Crippen LogP contribution in [0.1, 0.15) is 11.3 Å². The van der Waals surface area contributed by atoms with Crippen molar-refractivity contribution < 1.29 is 9.15 Å². The molecule has 0 saturated heterocycles. The Hall–Kier alpha value is -0.970. The van der Waals surface area contributed by atoms with Gasteiger partial charge in [-0.1, -0.05) is 27.5 Å². The molecule has 1 heterocycles. The summed E-state index contributed by atoms with van der Waals surface area (Å²) in [5, 5.41) is 3.86. The number of hydrogen-bond donors (Lipinski definition) is 1. The highest BCUT2D eigenvalue weighted by molar-refractivity contribution is 9.10. The van der Waals surface area contributed by atoms with Crippen molar-refractivity contribution in [3.8, 4) is 5.75 Å². The number of furan rings is 1. The summed E-state index contributed by atoms with van der Waals surface area (Å²) in [4.78, 5) is 0. The molecule has 19 heavy (non-hydrogen) atoms. The molecule has 0 fully saturated rings. The Balaban J connectivity index is 1.77. The Morgan fingerprint density at radius 3 is 2.95 bits per heavy atom. The molecule has 0 amide bonds. The van der Waals surface area contributed by atoms with Crippen molar-refractivity contribution >= 4 is 27.5 Å². The molecular formula is C14H15BrClNO2. The van der Waals surface area contributed by atoms with Crippen LogP contribution in [0.4, 0.5) is 0 Å². The maximum Gasteiger partial charge on any atom is 0.140 e. The molecule has 1 N–H and O–H groups in total. The van der Waals surface area contributed by atoms with Gasteiger partial charge in [-0.3, -0.25) is 0 Å². The topological polar surface area (TPSA) is 34.4 Å². The molecule has 3 nitrogen and oxygen atoms in total. The first-order valence-electron chi connectivity index (χ1n) is 5.98. The lowest BCUT2D eigenvalue weighted by Gasteiger charge is -2.11. The predicted molar refractivity (Wildman–Crippen MR) is 79.8 cm³/mol. The summed E-state index contributed by atoms with van der Waals surface area (Å²) in [6.07, 6.45) is 1.67. The van der Waals surface area contributed by atoms with Crippen molar-refractivity contribution in [3.05, 3.63) is 51.3 Å². The first-order chi connectivity index (χ1) is 9.16. The zero-order chi connectivity index (χ0) is 13.7. The van der Waals surface area contributed by atoms with Crippen LogP contribution in [0, 0.1) is 6.92 Å². The van der Waals surface area contributed by atoms with E-state index in [4.69, 9.17) is 20.8 Å². The van der Waals surface area contributed by atoms with Crippen LogP contribution in [-0.4, -0.2) is 13.2 Å². The fraction of sp³-hybridized carbons (Fsp3) is 0.286. The fourth-order valence-electron chi connectivity index (χ4n) is 1.72. The van der Waals surface area contributed by atoms with Gasteiger partial charge in [-0.05, 0) is 36.8 Å². The summed E-state index contributed by atoms with van der Waals surface area (Å²) in [6, 6.07) is 7.62. The second-order valence-electron chi connectivity index (χ2n) is 4.14. The van der Waals surface area contributed by atoms with Crippen LogP contribution in [0.5, 0.6) is 5.75 Å². The molecule has 2 rings (SSSR count). The Bertz CT molecular complexity index is 505. The van der Waals surface area contributed by atoms with E-state index in [0.29, 0.717) is 18.2 Å². The summed E-state index contributed by atoms with van der Waals surface area (Å²) in [6.45, 7) is 3.96. The molecule has 102 valence electrons. The highest BCUT2D eigenvalue weighted by atomic mass is 79.9. The molecular weight excluding hydrogens is 330 g/mol. The van der Waals surface area contributed by atoms with Crippen molar-refractivity contribution in [1.82, 2.24) is 5.32 Å². The van der Waals surface area contributed by atoms with E-state index in [2.05, 4.69) is 21.2 Å². The third kappa shape index (κ3) is 4.27. The van der Waals surface area contributed by atoms with E-state index >= 15 is 0 Å². The van der Waals surface area contributed by atoms with Crippen LogP contribution in [0.15, 0.2) is 39.4 Å². The number of hydrogen-bond acceptors (Lipinski definition) is 3. The quantitative estimate of drug-likeness (QED) is 0.799. The fourth-order valence-corrected chi connectivity index (χ4v) is 2.75. The van der Waals surface area contributed by atoms with Gasteiger partial charge in [-0.15, -0.1) is 0 Å². The van der Waals surface area contributed by atoms with Gasteiger partial charge in [0.1, 0.15) is 18.1 Å². The van der Waals surface area contributed by atoms with Gasteiger partial charge in [-0.2, -0.15) is 0 Å². The lowest BCUT2D eigenvalue weighted by Crippen LogP contribution is -2.20. The average molecular weight is 345 g/mol. The van der Waals surface area contributed by atoms with E-state index < -0.39 is 0 Å². The normalized spacial score (nSPS) is 10.7. The summed E-state index contributed by atoms with van der Waals surface area (Å²) >= 11 is 9.54. The second-order valence-corrected chi connectivity index (χ2v) is 5.46. The SMILES string of the molecule is Cc1cc(Br)cc(Cl)c1OCCNCc1ccco1. The zero-order valence-corrected chi connectivity index (χ0v) is 12.9. The lowest BCUT2D eigenvalue weighted by atomic mass is 10.2. The van der Waals surface area contributed by atoms with Gasteiger partial charge in [0, 0.05) is 11.0 Å². The van der Waals surface area contributed by atoms with Crippen LogP contribution >= 0.6 is 27.5 Å². The lowest BCUT2D eigenvalue weighted by molar-refractivity contribution is 0.309. The molecule has 0 radical (unpaired) electrons.